The number of primary amides is 1. The van der Waals surface area contributed by atoms with Gasteiger partial charge in [0.05, 0.1) is 0 Å². The summed E-state index contributed by atoms with van der Waals surface area (Å²) < 4.78 is 2.15. The largest absolute Gasteiger partial charge is 0.366 e. The van der Waals surface area contributed by atoms with Crippen molar-refractivity contribution < 1.29 is 9.59 Å². The Morgan fingerprint density at radius 3 is 1.78 bits per heavy atom. The van der Waals surface area contributed by atoms with Crippen LogP contribution in [0.25, 0.3) is 0 Å². The number of amidine groups is 1. The van der Waals surface area contributed by atoms with Gasteiger partial charge in [0.15, 0.2) is 0 Å². The number of aryl methyl sites for hydroxylation is 2. The van der Waals surface area contributed by atoms with Crippen molar-refractivity contribution >= 4 is 62.8 Å². The monoisotopic (exact) mass is 591 g/mol. The predicted molar refractivity (Wildman–Crippen MR) is 127 cm³/mol. The fourth-order valence-corrected chi connectivity index (χ4v) is 2.81. The van der Waals surface area contributed by atoms with Gasteiger partial charge in [-0.1, -0.05) is 12.1 Å². The van der Waals surface area contributed by atoms with Crippen LogP contribution in [0.4, 0.5) is 0 Å². The number of carbonyl (C=O) groups is 2. The number of halogens is 2. The molecule has 2 N–H and O–H groups in total. The summed E-state index contributed by atoms with van der Waals surface area (Å²) in [5.41, 5.74) is 8.63. The van der Waals surface area contributed by atoms with Crippen molar-refractivity contribution in [1.82, 2.24) is 4.90 Å². The molecule has 0 bridgehead atoms. The fraction of sp³-hybridized carbons (Fsp3) is 0.250. The van der Waals surface area contributed by atoms with Crippen LogP contribution in [0, 0.1) is 21.0 Å². The number of benzene rings is 2. The highest BCUT2D eigenvalue weighted by Crippen LogP contribution is 2.14. The normalized spacial score (nSPS) is 10.7. The molecule has 5 nitrogen and oxygen atoms in total. The third-order valence-electron chi connectivity index (χ3n) is 3.79. The van der Waals surface area contributed by atoms with E-state index in [2.05, 4.69) is 50.2 Å². The van der Waals surface area contributed by atoms with Gasteiger partial charge >= 0.3 is 0 Å². The van der Waals surface area contributed by atoms with E-state index in [-0.39, 0.29) is 11.8 Å². The second-order valence-electron chi connectivity index (χ2n) is 6.15. The molecular formula is C20H23I2N3O2. The lowest BCUT2D eigenvalue weighted by atomic mass is 10.1. The summed E-state index contributed by atoms with van der Waals surface area (Å²) in [4.78, 5) is 28.3. The Kier molecular flexibility index (Phi) is 9.37. The lowest BCUT2D eigenvalue weighted by molar-refractivity contribution is 0.0992. The van der Waals surface area contributed by atoms with Crippen LogP contribution in [0.15, 0.2) is 41.4 Å². The Hall–Kier alpha value is -1.49. The lowest BCUT2D eigenvalue weighted by Crippen LogP contribution is -2.19. The Bertz CT molecular complexity index is 878. The van der Waals surface area contributed by atoms with Crippen LogP contribution in [0.3, 0.4) is 0 Å². The molecule has 2 rings (SSSR count). The van der Waals surface area contributed by atoms with E-state index in [1.54, 1.807) is 12.1 Å². The van der Waals surface area contributed by atoms with Crippen molar-refractivity contribution in [3.8, 4) is 0 Å². The number of hydrogen-bond acceptors (Lipinski definition) is 2. The molecule has 0 unspecified atom stereocenters. The van der Waals surface area contributed by atoms with Crippen LogP contribution < -0.4 is 5.73 Å². The molecule has 144 valence electrons. The summed E-state index contributed by atoms with van der Waals surface area (Å²) in [5, 5.41) is 0. The predicted octanol–water partition coefficient (Wildman–Crippen LogP) is 4.42. The van der Waals surface area contributed by atoms with Crippen LogP contribution in [0.2, 0.25) is 0 Å². The number of hydrogen-bond donors (Lipinski definition) is 1. The standard InChI is InChI=1S/C12H15IN2O.C8H8INO/c1-8-5-6-10(7-11(8)13)12(16)14-9(2)15(3)4;1-5-2-3-6(8(10)11)4-7(5)9/h5-7H,1-4H3;2-4H,1H3,(H2,10,11). The summed E-state index contributed by atoms with van der Waals surface area (Å²) >= 11 is 4.39. The second kappa shape index (κ2) is 10.7. The summed E-state index contributed by atoms with van der Waals surface area (Å²) in [6.07, 6.45) is 0. The second-order valence-corrected chi connectivity index (χ2v) is 8.48. The highest BCUT2D eigenvalue weighted by Gasteiger charge is 2.07. The number of rotatable bonds is 2. The van der Waals surface area contributed by atoms with Gasteiger partial charge in [-0.2, -0.15) is 4.99 Å². The number of carbonyl (C=O) groups excluding carboxylic acids is 2. The summed E-state index contributed by atoms with van der Waals surface area (Å²) in [7, 11) is 3.73. The minimum atomic E-state index is -0.372. The minimum absolute atomic E-state index is 0.191. The van der Waals surface area contributed by atoms with Gasteiger partial charge in [-0.15, -0.1) is 0 Å². The minimum Gasteiger partial charge on any atom is -0.366 e. The highest BCUT2D eigenvalue weighted by atomic mass is 127. The van der Waals surface area contributed by atoms with Crippen molar-refractivity contribution in [1.29, 1.82) is 0 Å². The molecule has 7 heteroatoms. The quantitative estimate of drug-likeness (QED) is 0.320. The summed E-state index contributed by atoms with van der Waals surface area (Å²) in [6, 6.07) is 11.0. The maximum atomic E-state index is 11.8. The van der Waals surface area contributed by atoms with Gasteiger partial charge in [-0.25, -0.2) is 0 Å². The third-order valence-corrected chi connectivity index (χ3v) is 6.11. The molecule has 0 radical (unpaired) electrons. The molecule has 0 fully saturated rings. The van der Waals surface area contributed by atoms with Crippen molar-refractivity contribution in [3.63, 3.8) is 0 Å². The Morgan fingerprint density at radius 2 is 1.37 bits per heavy atom. The molecule has 2 aromatic rings. The molecule has 27 heavy (non-hydrogen) atoms. The van der Waals surface area contributed by atoms with Gasteiger partial charge in [-0.3, -0.25) is 9.59 Å². The van der Waals surface area contributed by atoms with E-state index in [9.17, 15) is 9.59 Å². The molecule has 0 saturated carbocycles. The molecular weight excluding hydrogens is 568 g/mol. The number of amides is 2. The van der Waals surface area contributed by atoms with E-state index in [1.165, 1.54) is 5.56 Å². The zero-order valence-electron chi connectivity index (χ0n) is 16.0. The first-order valence-corrected chi connectivity index (χ1v) is 10.3. The number of aliphatic imine (C=N–C) groups is 1. The summed E-state index contributed by atoms with van der Waals surface area (Å²) in [5.74, 6) is 0.146. The molecule has 2 aromatic carbocycles. The van der Waals surface area contributed by atoms with Gasteiger partial charge in [0, 0.05) is 32.4 Å². The van der Waals surface area contributed by atoms with E-state index in [0.29, 0.717) is 17.0 Å². The topological polar surface area (TPSA) is 75.8 Å². The van der Waals surface area contributed by atoms with Crippen LogP contribution in [-0.4, -0.2) is 36.6 Å². The average Bonchev–Trinajstić information content (AvgIpc) is 2.59. The molecule has 0 aliphatic carbocycles. The maximum Gasteiger partial charge on any atom is 0.278 e. The van der Waals surface area contributed by atoms with Gasteiger partial charge in [0.2, 0.25) is 5.91 Å². The van der Waals surface area contributed by atoms with Crippen LogP contribution in [0.1, 0.15) is 38.8 Å². The van der Waals surface area contributed by atoms with Gasteiger partial charge < -0.3 is 10.6 Å². The smallest absolute Gasteiger partial charge is 0.278 e. The molecule has 0 heterocycles. The van der Waals surface area contributed by atoms with Gasteiger partial charge in [-0.05, 0) is 101 Å². The van der Waals surface area contributed by atoms with Crippen molar-refractivity contribution in [3.05, 3.63) is 65.8 Å². The van der Waals surface area contributed by atoms with Crippen molar-refractivity contribution in [2.24, 2.45) is 10.7 Å². The Balaban J connectivity index is 0.000000289. The highest BCUT2D eigenvalue weighted by molar-refractivity contribution is 14.1. The van der Waals surface area contributed by atoms with Crippen molar-refractivity contribution in [2.75, 3.05) is 14.1 Å². The van der Waals surface area contributed by atoms with E-state index in [0.717, 1.165) is 12.7 Å². The van der Waals surface area contributed by atoms with Gasteiger partial charge in [0.25, 0.3) is 5.91 Å². The molecule has 2 amide bonds. The molecule has 0 aromatic heterocycles. The van der Waals surface area contributed by atoms with Crippen LogP contribution in [-0.2, 0) is 0 Å². The molecule has 0 atom stereocenters. The van der Waals surface area contributed by atoms with Crippen molar-refractivity contribution in [2.45, 2.75) is 20.8 Å². The lowest BCUT2D eigenvalue weighted by Gasteiger charge is -2.10. The Labute approximate surface area is 187 Å². The molecule has 0 aliphatic rings. The maximum absolute atomic E-state index is 11.8. The van der Waals surface area contributed by atoms with E-state index in [4.69, 9.17) is 5.73 Å². The molecule has 0 saturated heterocycles. The first-order valence-electron chi connectivity index (χ1n) is 8.12. The van der Waals surface area contributed by atoms with Crippen LogP contribution in [0.5, 0.6) is 0 Å². The zero-order chi connectivity index (χ0) is 20.7. The number of nitrogens with zero attached hydrogens (tertiary/aromatic N) is 2. The molecule has 0 aliphatic heterocycles. The van der Waals surface area contributed by atoms with E-state index in [1.807, 2.05) is 64.0 Å². The van der Waals surface area contributed by atoms with Gasteiger partial charge in [0.1, 0.15) is 5.84 Å². The summed E-state index contributed by atoms with van der Waals surface area (Å²) in [6.45, 7) is 5.83. The fourth-order valence-electron chi connectivity index (χ4n) is 1.78. The SMILES string of the molecule is CC(=NC(=O)c1ccc(C)c(I)c1)N(C)C.Cc1ccc(C(N)=O)cc1I. The van der Waals surface area contributed by atoms with E-state index >= 15 is 0 Å². The molecule has 0 spiro atoms. The van der Waals surface area contributed by atoms with E-state index < -0.39 is 0 Å². The average molecular weight is 591 g/mol. The first-order chi connectivity index (χ1) is 12.5. The zero-order valence-corrected chi connectivity index (χ0v) is 20.3. The third kappa shape index (κ3) is 7.57. The van der Waals surface area contributed by atoms with Crippen LogP contribution >= 0.6 is 45.2 Å². The number of nitrogens with two attached hydrogens (primary N) is 1. The first kappa shape index (κ1) is 23.5. The Morgan fingerprint density at radius 1 is 0.926 bits per heavy atom.